The zero-order valence-electron chi connectivity index (χ0n) is 12.6. The van der Waals surface area contributed by atoms with E-state index in [9.17, 15) is 4.79 Å². The average molecular weight is 274 g/mol. The first-order chi connectivity index (χ1) is 9.49. The van der Waals surface area contributed by atoms with Gasteiger partial charge in [0.1, 0.15) is 5.82 Å². The van der Waals surface area contributed by atoms with Crippen molar-refractivity contribution in [3.63, 3.8) is 0 Å². The number of aromatic nitrogens is 3. The van der Waals surface area contributed by atoms with Crippen LogP contribution in [-0.2, 0) is 13.1 Å². The summed E-state index contributed by atoms with van der Waals surface area (Å²) in [6.45, 7) is 8.27. The lowest BCUT2D eigenvalue weighted by Crippen LogP contribution is -2.25. The fourth-order valence-electron chi connectivity index (χ4n) is 2.23. The van der Waals surface area contributed by atoms with Gasteiger partial charge < -0.3 is 9.55 Å². The number of nitrogens with one attached hydrogen (secondary N) is 1. The number of rotatable bonds is 5. The predicted octanol–water partition coefficient (Wildman–Crippen LogP) is 1.63. The molecule has 108 valence electrons. The molecule has 2 aromatic heterocycles. The normalized spacial score (nSPS) is 11.2. The number of hydrogen-bond acceptors (Lipinski definition) is 3. The summed E-state index contributed by atoms with van der Waals surface area (Å²) in [7, 11) is 2.06. The minimum Gasteiger partial charge on any atom is -0.363 e. The maximum atomic E-state index is 11.9. The number of pyridine rings is 1. The standard InChI is InChI=1S/C15H22N4O/c1-11-9-17-14(12(2)15(11)20)10-18(4)7-8-19-6-5-16-13(19)3/h5-6,9H,7-8,10H2,1-4H3,(H,17,20). The van der Waals surface area contributed by atoms with Gasteiger partial charge in [-0.15, -0.1) is 0 Å². The molecule has 0 saturated carbocycles. The van der Waals surface area contributed by atoms with Crippen LogP contribution in [0.25, 0.3) is 0 Å². The molecular formula is C15H22N4O. The fourth-order valence-corrected chi connectivity index (χ4v) is 2.23. The summed E-state index contributed by atoms with van der Waals surface area (Å²) in [6.07, 6.45) is 5.59. The molecule has 0 atom stereocenters. The summed E-state index contributed by atoms with van der Waals surface area (Å²) < 4.78 is 2.13. The minimum absolute atomic E-state index is 0.137. The van der Waals surface area contributed by atoms with Crippen molar-refractivity contribution in [3.8, 4) is 0 Å². The van der Waals surface area contributed by atoms with Crippen molar-refractivity contribution >= 4 is 0 Å². The highest BCUT2D eigenvalue weighted by Gasteiger charge is 2.08. The molecule has 2 heterocycles. The lowest BCUT2D eigenvalue weighted by atomic mass is 10.1. The monoisotopic (exact) mass is 274 g/mol. The molecule has 0 unspecified atom stereocenters. The van der Waals surface area contributed by atoms with E-state index in [1.54, 1.807) is 6.20 Å². The summed E-state index contributed by atoms with van der Waals surface area (Å²) in [5.74, 6) is 1.03. The van der Waals surface area contributed by atoms with E-state index in [-0.39, 0.29) is 5.43 Å². The Kier molecular flexibility index (Phi) is 4.39. The number of aromatic amines is 1. The molecule has 1 N–H and O–H groups in total. The molecule has 0 aliphatic rings. The molecule has 0 radical (unpaired) electrons. The van der Waals surface area contributed by atoms with Crippen LogP contribution in [0, 0.1) is 20.8 Å². The van der Waals surface area contributed by atoms with Crippen molar-refractivity contribution in [1.29, 1.82) is 0 Å². The molecule has 2 rings (SSSR count). The first kappa shape index (κ1) is 14.5. The van der Waals surface area contributed by atoms with Crippen molar-refractivity contribution in [2.24, 2.45) is 0 Å². The topological polar surface area (TPSA) is 53.9 Å². The Bertz CT molecular complexity index is 642. The second kappa shape index (κ2) is 6.05. The predicted molar refractivity (Wildman–Crippen MR) is 79.8 cm³/mol. The van der Waals surface area contributed by atoms with Crippen molar-refractivity contribution in [2.75, 3.05) is 13.6 Å². The van der Waals surface area contributed by atoms with Gasteiger partial charge in [-0.25, -0.2) is 4.98 Å². The molecular weight excluding hydrogens is 252 g/mol. The first-order valence-corrected chi connectivity index (χ1v) is 6.83. The molecule has 5 nitrogen and oxygen atoms in total. The third kappa shape index (κ3) is 3.17. The zero-order chi connectivity index (χ0) is 14.7. The Balaban J connectivity index is 1.98. The smallest absolute Gasteiger partial charge is 0.187 e. The van der Waals surface area contributed by atoms with Crippen LogP contribution in [-0.4, -0.2) is 33.0 Å². The van der Waals surface area contributed by atoms with Crippen LogP contribution in [0.5, 0.6) is 0 Å². The second-order valence-corrected chi connectivity index (χ2v) is 5.31. The Morgan fingerprint density at radius 2 is 2.10 bits per heavy atom. The quantitative estimate of drug-likeness (QED) is 0.901. The number of likely N-dealkylation sites (N-methyl/N-ethyl adjacent to an activating group) is 1. The van der Waals surface area contributed by atoms with Gasteiger partial charge >= 0.3 is 0 Å². The molecule has 0 spiro atoms. The fraction of sp³-hybridized carbons (Fsp3) is 0.467. The van der Waals surface area contributed by atoms with Gasteiger partial charge in [-0.1, -0.05) is 0 Å². The molecule has 0 aliphatic heterocycles. The minimum atomic E-state index is 0.137. The van der Waals surface area contributed by atoms with Gasteiger partial charge in [0.25, 0.3) is 0 Å². The first-order valence-electron chi connectivity index (χ1n) is 6.83. The summed E-state index contributed by atoms with van der Waals surface area (Å²) in [5.41, 5.74) is 2.71. The second-order valence-electron chi connectivity index (χ2n) is 5.31. The Morgan fingerprint density at radius 3 is 2.75 bits per heavy atom. The van der Waals surface area contributed by atoms with Crippen molar-refractivity contribution in [2.45, 2.75) is 33.9 Å². The van der Waals surface area contributed by atoms with E-state index in [0.29, 0.717) is 0 Å². The Labute approximate surface area is 119 Å². The molecule has 0 saturated heterocycles. The Hall–Kier alpha value is -1.88. The highest BCUT2D eigenvalue weighted by Crippen LogP contribution is 2.05. The molecule has 2 aromatic rings. The molecule has 0 bridgehead atoms. The van der Waals surface area contributed by atoms with E-state index in [2.05, 4.69) is 26.5 Å². The highest BCUT2D eigenvalue weighted by atomic mass is 16.1. The zero-order valence-corrected chi connectivity index (χ0v) is 12.6. The SMILES string of the molecule is Cc1c[nH]c(CN(C)CCn2ccnc2C)c(C)c1=O. The largest absolute Gasteiger partial charge is 0.363 e. The van der Waals surface area contributed by atoms with E-state index >= 15 is 0 Å². The Morgan fingerprint density at radius 1 is 1.35 bits per heavy atom. The maximum Gasteiger partial charge on any atom is 0.187 e. The van der Waals surface area contributed by atoms with Crippen LogP contribution in [0.2, 0.25) is 0 Å². The maximum absolute atomic E-state index is 11.9. The molecule has 0 amide bonds. The van der Waals surface area contributed by atoms with Crippen molar-refractivity contribution < 1.29 is 0 Å². The number of H-pyrrole nitrogens is 1. The van der Waals surface area contributed by atoms with E-state index in [4.69, 9.17) is 0 Å². The van der Waals surface area contributed by atoms with Crippen LogP contribution < -0.4 is 5.43 Å². The summed E-state index contributed by atoms with van der Waals surface area (Å²) in [6, 6.07) is 0. The van der Waals surface area contributed by atoms with Gasteiger partial charge in [0.15, 0.2) is 5.43 Å². The third-order valence-electron chi connectivity index (χ3n) is 3.69. The van der Waals surface area contributed by atoms with E-state index in [1.807, 2.05) is 33.2 Å². The van der Waals surface area contributed by atoms with Crippen LogP contribution >= 0.6 is 0 Å². The summed E-state index contributed by atoms with van der Waals surface area (Å²) in [5, 5.41) is 0. The van der Waals surface area contributed by atoms with Gasteiger partial charge in [-0.3, -0.25) is 9.69 Å². The van der Waals surface area contributed by atoms with Crippen LogP contribution in [0.1, 0.15) is 22.6 Å². The van der Waals surface area contributed by atoms with Gasteiger partial charge in [-0.2, -0.15) is 0 Å². The molecule has 5 heteroatoms. The van der Waals surface area contributed by atoms with E-state index < -0.39 is 0 Å². The van der Waals surface area contributed by atoms with Crippen LogP contribution in [0.4, 0.5) is 0 Å². The summed E-state index contributed by atoms with van der Waals surface area (Å²) in [4.78, 5) is 21.5. The van der Waals surface area contributed by atoms with Gasteiger partial charge in [0.2, 0.25) is 0 Å². The molecule has 20 heavy (non-hydrogen) atoms. The molecule has 0 aliphatic carbocycles. The number of hydrogen-bond donors (Lipinski definition) is 1. The van der Waals surface area contributed by atoms with Crippen molar-refractivity contribution in [3.05, 3.63) is 51.5 Å². The lowest BCUT2D eigenvalue weighted by Gasteiger charge is -2.18. The third-order valence-corrected chi connectivity index (χ3v) is 3.69. The number of nitrogens with zero attached hydrogens (tertiary/aromatic N) is 3. The summed E-state index contributed by atoms with van der Waals surface area (Å²) >= 11 is 0. The number of imidazole rings is 1. The highest BCUT2D eigenvalue weighted by molar-refractivity contribution is 5.23. The van der Waals surface area contributed by atoms with Gasteiger partial charge in [0, 0.05) is 55.0 Å². The number of aryl methyl sites for hydroxylation is 2. The van der Waals surface area contributed by atoms with Crippen LogP contribution in [0.3, 0.4) is 0 Å². The van der Waals surface area contributed by atoms with Gasteiger partial charge in [-0.05, 0) is 27.8 Å². The van der Waals surface area contributed by atoms with E-state index in [1.165, 1.54) is 0 Å². The van der Waals surface area contributed by atoms with Crippen molar-refractivity contribution in [1.82, 2.24) is 19.4 Å². The lowest BCUT2D eigenvalue weighted by molar-refractivity contribution is 0.306. The van der Waals surface area contributed by atoms with Crippen LogP contribution in [0.15, 0.2) is 23.4 Å². The van der Waals surface area contributed by atoms with E-state index in [0.717, 1.165) is 42.3 Å². The van der Waals surface area contributed by atoms with Gasteiger partial charge in [0.05, 0.1) is 0 Å². The molecule has 0 aromatic carbocycles. The average Bonchev–Trinajstić information content (AvgIpc) is 2.83. The molecule has 0 fully saturated rings.